The van der Waals surface area contributed by atoms with Gasteiger partial charge in [-0.15, -0.1) is 0 Å². The van der Waals surface area contributed by atoms with E-state index in [2.05, 4.69) is 6.92 Å². The lowest BCUT2D eigenvalue weighted by Gasteiger charge is -2.06. The predicted molar refractivity (Wildman–Crippen MR) is 52.4 cm³/mol. The smallest absolute Gasteiger partial charge is 0.328 e. The molecule has 12 heavy (non-hydrogen) atoms. The molecule has 0 radical (unpaired) electrons. The lowest BCUT2D eigenvalue weighted by atomic mass is 10.3. The third kappa shape index (κ3) is 7.63. The van der Waals surface area contributed by atoms with E-state index in [-0.39, 0.29) is 0 Å². The number of nitrogens with two attached hydrogens (primary N) is 1. The van der Waals surface area contributed by atoms with Crippen LogP contribution in [0.1, 0.15) is 13.3 Å². The molecule has 0 aromatic rings. The molecule has 3 N–H and O–H groups in total. The third-order valence-corrected chi connectivity index (χ3v) is 2.50. The summed E-state index contributed by atoms with van der Waals surface area (Å²) in [6, 6.07) is 0. The molecule has 0 aromatic heterocycles. The Hall–Kier alpha value is -0.480. The van der Waals surface area contributed by atoms with Crippen LogP contribution in [0.2, 0.25) is 0 Å². The van der Waals surface area contributed by atoms with Crippen molar-refractivity contribution in [2.45, 2.75) is 18.6 Å². The molecule has 0 aliphatic carbocycles. The van der Waals surface area contributed by atoms with Gasteiger partial charge >= 0.3 is 5.97 Å². The minimum Gasteiger partial charge on any atom is -0.478 e. The molecular formula is C8H15NO2S. The number of carboxylic acid groups (broad SMARTS) is 1. The Bertz CT molecular complexity index is 159. The molecule has 0 fully saturated rings. The molecule has 0 spiro atoms. The van der Waals surface area contributed by atoms with E-state index in [4.69, 9.17) is 10.8 Å². The van der Waals surface area contributed by atoms with Crippen LogP contribution in [0.4, 0.5) is 0 Å². The summed E-state index contributed by atoms with van der Waals surface area (Å²) in [5.41, 5.74) is 5.36. The van der Waals surface area contributed by atoms with Gasteiger partial charge in [0.05, 0.1) is 0 Å². The highest BCUT2D eigenvalue weighted by molar-refractivity contribution is 8.00. The summed E-state index contributed by atoms with van der Waals surface area (Å²) >= 11 is 1.71. The van der Waals surface area contributed by atoms with Crippen LogP contribution in [0.3, 0.4) is 0 Å². The quantitative estimate of drug-likeness (QED) is 0.614. The molecule has 0 saturated heterocycles. The van der Waals surface area contributed by atoms with Crippen LogP contribution in [0.5, 0.6) is 0 Å². The van der Waals surface area contributed by atoms with Crippen molar-refractivity contribution in [2.24, 2.45) is 5.73 Å². The first kappa shape index (κ1) is 11.5. The maximum atomic E-state index is 10.1. The minimum absolute atomic E-state index is 0.508. The van der Waals surface area contributed by atoms with E-state index in [1.165, 1.54) is 6.08 Å². The first-order valence-electron chi connectivity index (χ1n) is 3.88. The summed E-state index contributed by atoms with van der Waals surface area (Å²) in [6.45, 7) is 2.78. The van der Waals surface area contributed by atoms with Gasteiger partial charge in [-0.1, -0.05) is 13.0 Å². The Morgan fingerprint density at radius 2 is 2.42 bits per heavy atom. The number of carboxylic acids is 1. The fourth-order valence-electron chi connectivity index (χ4n) is 0.687. The molecule has 0 rings (SSSR count). The molecule has 1 unspecified atom stereocenters. The van der Waals surface area contributed by atoms with Crippen molar-refractivity contribution < 1.29 is 9.90 Å². The van der Waals surface area contributed by atoms with E-state index < -0.39 is 5.97 Å². The second kappa shape index (κ2) is 7.18. The van der Waals surface area contributed by atoms with E-state index >= 15 is 0 Å². The summed E-state index contributed by atoms with van der Waals surface area (Å²) in [5.74, 6) is -0.143. The second-order valence-electron chi connectivity index (χ2n) is 2.46. The summed E-state index contributed by atoms with van der Waals surface area (Å²) in [5, 5.41) is 8.77. The Morgan fingerprint density at radius 3 is 2.92 bits per heavy atom. The minimum atomic E-state index is -0.887. The Morgan fingerprint density at radius 1 is 1.75 bits per heavy atom. The maximum Gasteiger partial charge on any atom is 0.328 e. The topological polar surface area (TPSA) is 63.3 Å². The lowest BCUT2D eigenvalue weighted by Crippen LogP contribution is -2.07. The molecule has 0 aromatic carbocycles. The molecule has 0 aliphatic rings. The van der Waals surface area contributed by atoms with Gasteiger partial charge in [0, 0.05) is 17.1 Å². The average molecular weight is 189 g/mol. The van der Waals surface area contributed by atoms with Gasteiger partial charge < -0.3 is 10.8 Å². The molecule has 70 valence electrons. The van der Waals surface area contributed by atoms with Crippen molar-refractivity contribution in [3.05, 3.63) is 12.2 Å². The largest absolute Gasteiger partial charge is 0.478 e. The number of hydrogen-bond acceptors (Lipinski definition) is 3. The molecule has 0 aliphatic heterocycles. The normalized spacial score (nSPS) is 13.5. The third-order valence-electron chi connectivity index (χ3n) is 1.31. The number of carbonyl (C=O) groups is 1. The van der Waals surface area contributed by atoms with Crippen molar-refractivity contribution in [3.63, 3.8) is 0 Å². The SMILES string of the molecule is CC(CCN)SC/C=C/C(=O)O. The predicted octanol–water partition coefficient (Wildman–Crippen LogP) is 1.10. The van der Waals surface area contributed by atoms with Gasteiger partial charge in [0.25, 0.3) is 0 Å². The maximum absolute atomic E-state index is 10.1. The molecular weight excluding hydrogens is 174 g/mol. The number of hydrogen-bond donors (Lipinski definition) is 2. The highest BCUT2D eigenvalue weighted by Gasteiger charge is 1.98. The van der Waals surface area contributed by atoms with Crippen molar-refractivity contribution in [3.8, 4) is 0 Å². The highest BCUT2D eigenvalue weighted by Crippen LogP contribution is 2.12. The average Bonchev–Trinajstić information content (AvgIpc) is 1.98. The van der Waals surface area contributed by atoms with Crippen LogP contribution in [-0.2, 0) is 4.79 Å². The summed E-state index contributed by atoms with van der Waals surface area (Å²) < 4.78 is 0. The fraction of sp³-hybridized carbons (Fsp3) is 0.625. The molecule has 0 saturated carbocycles. The van der Waals surface area contributed by atoms with Crippen LogP contribution in [0, 0.1) is 0 Å². The zero-order chi connectivity index (χ0) is 9.40. The number of thioether (sulfide) groups is 1. The first-order valence-corrected chi connectivity index (χ1v) is 4.92. The monoisotopic (exact) mass is 189 g/mol. The van der Waals surface area contributed by atoms with E-state index in [0.717, 1.165) is 12.2 Å². The fourth-order valence-corrected chi connectivity index (χ4v) is 1.53. The van der Waals surface area contributed by atoms with E-state index in [0.29, 0.717) is 11.8 Å². The zero-order valence-corrected chi connectivity index (χ0v) is 8.01. The number of rotatable bonds is 6. The van der Waals surface area contributed by atoms with Crippen molar-refractivity contribution in [1.29, 1.82) is 0 Å². The highest BCUT2D eigenvalue weighted by atomic mass is 32.2. The van der Waals surface area contributed by atoms with E-state index in [9.17, 15) is 4.79 Å². The van der Waals surface area contributed by atoms with Gasteiger partial charge in [0.1, 0.15) is 0 Å². The van der Waals surface area contributed by atoms with E-state index in [1.807, 2.05) is 0 Å². The van der Waals surface area contributed by atoms with Gasteiger partial charge in [-0.05, 0) is 13.0 Å². The Labute approximate surface area is 77.0 Å². The standard InChI is InChI=1S/C8H15NO2S/c1-7(4-5-9)12-6-2-3-8(10)11/h2-3,7H,4-6,9H2,1H3,(H,10,11)/b3-2+. The van der Waals surface area contributed by atoms with Crippen molar-refractivity contribution >= 4 is 17.7 Å². The first-order chi connectivity index (χ1) is 5.66. The molecule has 0 amide bonds. The molecule has 0 heterocycles. The summed E-state index contributed by atoms with van der Waals surface area (Å²) in [7, 11) is 0. The lowest BCUT2D eigenvalue weighted by molar-refractivity contribution is -0.131. The number of aliphatic carboxylic acids is 1. The van der Waals surface area contributed by atoms with E-state index in [1.54, 1.807) is 17.8 Å². The van der Waals surface area contributed by atoms with Gasteiger partial charge in [-0.3, -0.25) is 0 Å². The van der Waals surface area contributed by atoms with Crippen LogP contribution in [0.15, 0.2) is 12.2 Å². The van der Waals surface area contributed by atoms with Crippen molar-refractivity contribution in [2.75, 3.05) is 12.3 Å². The van der Waals surface area contributed by atoms with Gasteiger partial charge in [-0.25, -0.2) is 4.79 Å². The summed E-state index contributed by atoms with van der Waals surface area (Å²) in [4.78, 5) is 10.1. The van der Waals surface area contributed by atoms with Crippen LogP contribution in [-0.4, -0.2) is 28.6 Å². The van der Waals surface area contributed by atoms with Crippen LogP contribution >= 0.6 is 11.8 Å². The summed E-state index contributed by atoms with van der Waals surface area (Å²) in [6.07, 6.45) is 3.80. The van der Waals surface area contributed by atoms with Gasteiger partial charge in [0.15, 0.2) is 0 Å². The van der Waals surface area contributed by atoms with Crippen molar-refractivity contribution in [1.82, 2.24) is 0 Å². The molecule has 0 bridgehead atoms. The Kier molecular flexibility index (Phi) is 6.90. The Balaban J connectivity index is 3.36. The van der Waals surface area contributed by atoms with Gasteiger partial charge in [-0.2, -0.15) is 11.8 Å². The zero-order valence-electron chi connectivity index (χ0n) is 7.19. The molecule has 4 heteroatoms. The second-order valence-corrected chi connectivity index (χ2v) is 3.93. The molecule has 1 atom stereocenters. The molecule has 3 nitrogen and oxygen atoms in total. The van der Waals surface area contributed by atoms with Gasteiger partial charge in [0.2, 0.25) is 0 Å². The van der Waals surface area contributed by atoms with Crippen LogP contribution < -0.4 is 5.73 Å². The van der Waals surface area contributed by atoms with Crippen LogP contribution in [0.25, 0.3) is 0 Å².